The van der Waals surface area contributed by atoms with Crippen molar-refractivity contribution in [2.24, 2.45) is 0 Å². The van der Waals surface area contributed by atoms with Crippen LogP contribution in [0.15, 0.2) is 35.3 Å². The van der Waals surface area contributed by atoms with Crippen LogP contribution >= 0.6 is 11.6 Å². The first kappa shape index (κ1) is 15.0. The zero-order chi connectivity index (χ0) is 17.0. The Morgan fingerprint density at radius 1 is 1.12 bits per heavy atom. The van der Waals surface area contributed by atoms with E-state index in [0.29, 0.717) is 24.5 Å². The predicted molar refractivity (Wildman–Crippen MR) is 96.3 cm³/mol. The Balaban J connectivity index is 1.57. The number of benzene rings is 1. The number of hydrogen-bond donors (Lipinski definition) is 0. The van der Waals surface area contributed by atoms with Gasteiger partial charge in [-0.05, 0) is 37.1 Å². The van der Waals surface area contributed by atoms with Crippen LogP contribution in [0.2, 0.25) is 5.02 Å². The molecule has 1 aliphatic carbocycles. The van der Waals surface area contributed by atoms with Crippen molar-refractivity contribution in [3.05, 3.63) is 57.5 Å². The summed E-state index contributed by atoms with van der Waals surface area (Å²) in [6.07, 6.45) is 5.18. The zero-order valence-electron chi connectivity index (χ0n) is 13.7. The maximum Gasteiger partial charge on any atom is 0.279 e. The molecule has 0 saturated heterocycles. The Labute approximate surface area is 149 Å². The molecule has 0 unspecified atom stereocenters. The van der Waals surface area contributed by atoms with Crippen LogP contribution in [0, 0.1) is 0 Å². The molecule has 2 aliphatic rings. The second-order valence-corrected chi connectivity index (χ2v) is 7.25. The molecule has 0 atom stereocenters. The lowest BCUT2D eigenvalue weighted by atomic mass is 9.85. The smallest absolute Gasteiger partial charge is 0.279 e. The highest BCUT2D eigenvalue weighted by Crippen LogP contribution is 2.35. The monoisotopic (exact) mass is 355 g/mol. The Morgan fingerprint density at radius 2 is 1.92 bits per heavy atom. The van der Waals surface area contributed by atoms with Crippen molar-refractivity contribution in [1.82, 2.24) is 19.2 Å². The molecular formula is C18H18ClN5O. The van der Waals surface area contributed by atoms with Gasteiger partial charge < -0.3 is 4.90 Å². The molecule has 3 aromatic rings. The summed E-state index contributed by atoms with van der Waals surface area (Å²) >= 11 is 5.98. The molecule has 128 valence electrons. The summed E-state index contributed by atoms with van der Waals surface area (Å²) in [5.41, 5.74) is 1.69. The number of fused-ring (bicyclic) bond motifs is 2. The van der Waals surface area contributed by atoms with Crippen LogP contribution in [0.1, 0.15) is 36.8 Å². The Hall–Kier alpha value is -2.34. The fraction of sp³-hybridized carbons (Fsp3) is 0.389. The second-order valence-electron chi connectivity index (χ2n) is 6.81. The lowest BCUT2D eigenvalue weighted by Crippen LogP contribution is -2.41. The van der Waals surface area contributed by atoms with E-state index in [9.17, 15) is 4.79 Å². The van der Waals surface area contributed by atoms with E-state index < -0.39 is 0 Å². The maximum absolute atomic E-state index is 12.8. The summed E-state index contributed by atoms with van der Waals surface area (Å²) in [6.45, 7) is 2.01. The lowest BCUT2D eigenvalue weighted by molar-refractivity contribution is 0.393. The van der Waals surface area contributed by atoms with Crippen LogP contribution in [0.3, 0.4) is 0 Å². The van der Waals surface area contributed by atoms with E-state index in [1.807, 2.05) is 24.3 Å². The van der Waals surface area contributed by atoms with Gasteiger partial charge in [0.15, 0.2) is 11.3 Å². The van der Waals surface area contributed by atoms with Gasteiger partial charge in [-0.3, -0.25) is 9.36 Å². The third-order valence-corrected chi connectivity index (χ3v) is 5.60. The van der Waals surface area contributed by atoms with Gasteiger partial charge in [0.25, 0.3) is 5.56 Å². The van der Waals surface area contributed by atoms with Crippen molar-refractivity contribution in [3.8, 4) is 0 Å². The van der Waals surface area contributed by atoms with Gasteiger partial charge in [0.1, 0.15) is 5.82 Å². The van der Waals surface area contributed by atoms with Gasteiger partial charge in [0, 0.05) is 29.7 Å². The summed E-state index contributed by atoms with van der Waals surface area (Å²) in [5, 5.41) is 5.51. The molecule has 25 heavy (non-hydrogen) atoms. The minimum atomic E-state index is 0.0128. The van der Waals surface area contributed by atoms with Crippen LogP contribution in [0.25, 0.3) is 5.52 Å². The van der Waals surface area contributed by atoms with Crippen LogP contribution in [0.5, 0.6) is 0 Å². The number of imidazole rings is 1. The number of anilines is 1. The Kier molecular flexibility index (Phi) is 3.35. The Bertz CT molecular complexity index is 1000. The lowest BCUT2D eigenvalue weighted by Gasteiger charge is -2.31. The summed E-state index contributed by atoms with van der Waals surface area (Å²) in [7, 11) is 0. The van der Waals surface area contributed by atoms with E-state index >= 15 is 0 Å². The Morgan fingerprint density at radius 3 is 2.64 bits per heavy atom. The normalized spacial score (nSPS) is 17.6. The highest BCUT2D eigenvalue weighted by molar-refractivity contribution is 6.30. The second kappa shape index (κ2) is 5.59. The minimum absolute atomic E-state index is 0.0128. The molecule has 0 bridgehead atoms. The maximum atomic E-state index is 12.8. The average Bonchev–Trinajstić information content (AvgIpc) is 2.98. The van der Waals surface area contributed by atoms with Crippen molar-refractivity contribution < 1.29 is 0 Å². The third kappa shape index (κ3) is 2.35. The van der Waals surface area contributed by atoms with Gasteiger partial charge >= 0.3 is 0 Å². The number of aromatic nitrogens is 4. The first-order valence-corrected chi connectivity index (χ1v) is 9.06. The molecule has 6 nitrogen and oxygen atoms in total. The number of hydrogen-bond acceptors (Lipinski definition) is 4. The van der Waals surface area contributed by atoms with E-state index in [1.165, 1.54) is 6.42 Å². The van der Waals surface area contributed by atoms with E-state index in [4.69, 9.17) is 16.7 Å². The average molecular weight is 356 g/mol. The van der Waals surface area contributed by atoms with Gasteiger partial charge in [-0.1, -0.05) is 18.0 Å². The molecule has 7 heteroatoms. The van der Waals surface area contributed by atoms with Crippen LogP contribution in [0.4, 0.5) is 5.69 Å². The van der Waals surface area contributed by atoms with Gasteiger partial charge in [-0.25, -0.2) is 9.50 Å². The van der Waals surface area contributed by atoms with Gasteiger partial charge in [0.2, 0.25) is 0 Å². The van der Waals surface area contributed by atoms with Crippen molar-refractivity contribution in [1.29, 1.82) is 0 Å². The predicted octanol–water partition coefficient (Wildman–Crippen LogP) is 2.83. The summed E-state index contributed by atoms with van der Waals surface area (Å²) in [6, 6.07) is 7.79. The topological polar surface area (TPSA) is 55.4 Å². The first-order chi connectivity index (χ1) is 12.2. The standard InChI is InChI=1S/C18H18ClN5O/c19-13-4-6-14(7-5-13)22-8-9-23-16(11-22)21-24-15(18(23)25)10-20-17(24)12-2-1-3-12/h4-7,10,12H,1-3,8-9,11H2. The fourth-order valence-corrected chi connectivity index (χ4v) is 3.80. The number of nitrogens with zero attached hydrogens (tertiary/aromatic N) is 5. The molecule has 1 fully saturated rings. The molecule has 0 amide bonds. The van der Waals surface area contributed by atoms with E-state index in [1.54, 1.807) is 15.3 Å². The molecule has 5 rings (SSSR count). The molecular weight excluding hydrogens is 338 g/mol. The van der Waals surface area contributed by atoms with Gasteiger partial charge in [-0.2, -0.15) is 5.10 Å². The third-order valence-electron chi connectivity index (χ3n) is 5.34. The van der Waals surface area contributed by atoms with Crippen LogP contribution in [-0.4, -0.2) is 25.7 Å². The van der Waals surface area contributed by atoms with Crippen LogP contribution in [-0.2, 0) is 13.1 Å². The van der Waals surface area contributed by atoms with Gasteiger partial charge in [0.05, 0.1) is 12.7 Å². The molecule has 0 spiro atoms. The van der Waals surface area contributed by atoms with E-state index in [0.717, 1.165) is 41.7 Å². The largest absolute Gasteiger partial charge is 0.362 e. The van der Waals surface area contributed by atoms with Crippen molar-refractivity contribution in [3.63, 3.8) is 0 Å². The quantitative estimate of drug-likeness (QED) is 0.709. The highest BCUT2D eigenvalue weighted by atomic mass is 35.5. The SMILES string of the molecule is O=c1c2cnc(C3CCC3)n2nc2n1CCN(c1ccc(Cl)cc1)C2. The summed E-state index contributed by atoms with van der Waals surface area (Å²) < 4.78 is 3.57. The number of halogens is 1. The van der Waals surface area contributed by atoms with Crippen molar-refractivity contribution >= 4 is 22.8 Å². The number of rotatable bonds is 2. The van der Waals surface area contributed by atoms with Crippen LogP contribution < -0.4 is 10.5 Å². The van der Waals surface area contributed by atoms with Gasteiger partial charge in [-0.15, -0.1) is 0 Å². The van der Waals surface area contributed by atoms with Crippen molar-refractivity contribution in [2.75, 3.05) is 11.4 Å². The molecule has 0 radical (unpaired) electrons. The first-order valence-electron chi connectivity index (χ1n) is 8.68. The molecule has 2 aromatic heterocycles. The van der Waals surface area contributed by atoms with E-state index in [2.05, 4.69) is 9.88 Å². The minimum Gasteiger partial charge on any atom is -0.362 e. The van der Waals surface area contributed by atoms with Crippen molar-refractivity contribution in [2.45, 2.75) is 38.3 Å². The fourth-order valence-electron chi connectivity index (χ4n) is 3.67. The molecule has 3 heterocycles. The molecule has 1 aromatic carbocycles. The summed E-state index contributed by atoms with van der Waals surface area (Å²) in [5.74, 6) is 2.16. The van der Waals surface area contributed by atoms with E-state index in [-0.39, 0.29) is 5.56 Å². The molecule has 0 N–H and O–H groups in total. The molecule has 1 aliphatic heterocycles. The molecule has 1 saturated carbocycles. The summed E-state index contributed by atoms with van der Waals surface area (Å²) in [4.78, 5) is 19.6. The highest BCUT2D eigenvalue weighted by Gasteiger charge is 2.27. The zero-order valence-corrected chi connectivity index (χ0v) is 14.5.